The number of aliphatic hydroxyl groups is 1. The molecule has 0 amide bonds. The highest BCUT2D eigenvalue weighted by atomic mass is 16.5. The van der Waals surface area contributed by atoms with Crippen molar-refractivity contribution in [2.24, 2.45) is 51.8 Å². The van der Waals surface area contributed by atoms with Crippen molar-refractivity contribution >= 4 is 0 Å². The molecule has 0 saturated heterocycles. The summed E-state index contributed by atoms with van der Waals surface area (Å²) in [4.78, 5) is 4.36. The van der Waals surface area contributed by atoms with Gasteiger partial charge in [-0.05, 0) is 109 Å². The van der Waals surface area contributed by atoms with Gasteiger partial charge in [0.05, 0.1) is 19.3 Å². The molecule has 0 radical (unpaired) electrons. The molecule has 5 aliphatic rings. The molecular weight excluding hydrogens is 410 g/mol. The lowest BCUT2D eigenvalue weighted by Gasteiger charge is -2.61. The van der Waals surface area contributed by atoms with Crippen LogP contribution in [0.3, 0.4) is 0 Å². The maximum atomic E-state index is 9.41. The second kappa shape index (κ2) is 7.68. The third-order valence-electron chi connectivity index (χ3n) is 12.1. The molecule has 5 saturated carbocycles. The lowest BCUT2D eigenvalue weighted by Crippen LogP contribution is -2.57. The fourth-order valence-corrected chi connectivity index (χ4v) is 10.5. The molecule has 4 nitrogen and oxygen atoms in total. The summed E-state index contributed by atoms with van der Waals surface area (Å²) >= 11 is 0. The van der Waals surface area contributed by atoms with Crippen LogP contribution in [0.5, 0.6) is 5.88 Å². The summed E-state index contributed by atoms with van der Waals surface area (Å²) in [7, 11) is 1.99. The smallest absolute Gasteiger partial charge is 0.213 e. The highest BCUT2D eigenvalue weighted by molar-refractivity contribution is 5.26. The van der Waals surface area contributed by atoms with E-state index in [4.69, 9.17) is 9.47 Å². The van der Waals surface area contributed by atoms with E-state index in [0.29, 0.717) is 46.7 Å². The first-order chi connectivity index (χ1) is 15.9. The minimum Gasteiger partial charge on any atom is -0.477 e. The molecule has 5 fully saturated rings. The number of hydrogen-bond donors (Lipinski definition) is 1. The van der Waals surface area contributed by atoms with Crippen LogP contribution in [0, 0.1) is 51.8 Å². The van der Waals surface area contributed by atoms with Crippen LogP contribution in [-0.2, 0) is 11.3 Å². The summed E-state index contributed by atoms with van der Waals surface area (Å²) in [6, 6.07) is 3.71. The van der Waals surface area contributed by atoms with Crippen molar-refractivity contribution in [3.8, 4) is 5.88 Å². The monoisotopic (exact) mass is 453 g/mol. The number of fused-ring (bicyclic) bond motifs is 4. The van der Waals surface area contributed by atoms with E-state index in [1.165, 1.54) is 51.4 Å². The van der Waals surface area contributed by atoms with Crippen LogP contribution >= 0.6 is 0 Å². The zero-order valence-corrected chi connectivity index (χ0v) is 21.1. The fraction of sp³-hybridized carbons (Fsp3) is 0.828. The van der Waals surface area contributed by atoms with Gasteiger partial charge in [-0.25, -0.2) is 4.98 Å². The summed E-state index contributed by atoms with van der Waals surface area (Å²) < 4.78 is 12.4. The van der Waals surface area contributed by atoms with Crippen molar-refractivity contribution in [2.45, 2.75) is 84.8 Å². The Balaban J connectivity index is 1.19. The molecule has 1 N–H and O–H groups in total. The average Bonchev–Trinajstić information content (AvgIpc) is 3.33. The molecular formula is C29H43NO3. The van der Waals surface area contributed by atoms with Crippen molar-refractivity contribution in [2.75, 3.05) is 13.7 Å². The highest BCUT2D eigenvalue weighted by Crippen LogP contribution is 2.82. The van der Waals surface area contributed by atoms with Gasteiger partial charge in [0.2, 0.25) is 5.88 Å². The van der Waals surface area contributed by atoms with E-state index in [9.17, 15) is 5.11 Å². The second-order valence-corrected chi connectivity index (χ2v) is 12.9. The van der Waals surface area contributed by atoms with Gasteiger partial charge in [0.15, 0.2) is 0 Å². The normalized spacial score (nSPS) is 48.4. The second-order valence-electron chi connectivity index (χ2n) is 12.9. The van der Waals surface area contributed by atoms with Crippen LogP contribution < -0.4 is 4.74 Å². The molecule has 0 bridgehead atoms. The van der Waals surface area contributed by atoms with Crippen LogP contribution in [0.15, 0.2) is 18.3 Å². The van der Waals surface area contributed by atoms with E-state index in [0.717, 1.165) is 29.2 Å². The SMILES string of the molecule is COC1C[C@H]2[C@@H]3CC[C@H]([C@H](C)COc4cc(CO)ccn4)[C@@]3(C)CC[C@@H]2[C@@]2(C)CC[C@@H]3C[C@]132. The molecule has 10 atom stereocenters. The molecule has 0 aromatic carbocycles. The van der Waals surface area contributed by atoms with Crippen LogP contribution in [0.25, 0.3) is 0 Å². The van der Waals surface area contributed by atoms with Gasteiger partial charge in [0, 0.05) is 24.8 Å². The summed E-state index contributed by atoms with van der Waals surface area (Å²) in [5.41, 5.74) is 2.32. The molecule has 1 aromatic rings. The standard InChI is InChI=1S/C29H43NO3/c1-18(17-33-26-13-19(16-31)9-12-30-26)22-5-6-23-21-14-25(32-4)29-15-20(29)7-11-28(29,3)24(21)8-10-27(22,23)2/h9,12-13,18,20-25,31H,5-8,10-11,14-17H2,1-4H3/t18-,20-,21+,22-,23+,24+,25?,27-,28-,29-/m1/s1. The molecule has 1 spiro atoms. The molecule has 6 rings (SSSR count). The van der Waals surface area contributed by atoms with Gasteiger partial charge >= 0.3 is 0 Å². The summed E-state index contributed by atoms with van der Waals surface area (Å²) in [5.74, 6) is 5.41. The maximum absolute atomic E-state index is 9.41. The van der Waals surface area contributed by atoms with E-state index >= 15 is 0 Å². The molecule has 1 unspecified atom stereocenters. The Labute approximate surface area is 199 Å². The Bertz CT molecular complexity index is 905. The quantitative estimate of drug-likeness (QED) is 0.585. The van der Waals surface area contributed by atoms with Crippen molar-refractivity contribution in [1.29, 1.82) is 0 Å². The van der Waals surface area contributed by atoms with Gasteiger partial charge in [-0.15, -0.1) is 0 Å². The van der Waals surface area contributed by atoms with Gasteiger partial charge in [0.25, 0.3) is 0 Å². The molecule has 1 heterocycles. The number of methoxy groups -OCH3 is 1. The van der Waals surface area contributed by atoms with E-state index < -0.39 is 0 Å². The molecule has 182 valence electrons. The number of rotatable bonds is 6. The Morgan fingerprint density at radius 2 is 2.00 bits per heavy atom. The van der Waals surface area contributed by atoms with Crippen molar-refractivity contribution in [1.82, 2.24) is 4.98 Å². The van der Waals surface area contributed by atoms with Crippen LogP contribution in [0.1, 0.15) is 77.7 Å². The molecule has 5 aliphatic carbocycles. The lowest BCUT2D eigenvalue weighted by atomic mass is 9.45. The summed E-state index contributed by atoms with van der Waals surface area (Å²) in [5, 5.41) is 9.41. The van der Waals surface area contributed by atoms with Crippen molar-refractivity contribution in [3.05, 3.63) is 23.9 Å². The lowest BCUT2D eigenvalue weighted by molar-refractivity contribution is -0.161. The predicted octanol–water partition coefficient (Wildman–Crippen LogP) is 5.87. The van der Waals surface area contributed by atoms with Gasteiger partial charge in [-0.2, -0.15) is 0 Å². The maximum Gasteiger partial charge on any atom is 0.213 e. The molecule has 1 aromatic heterocycles. The number of aromatic nitrogens is 1. The van der Waals surface area contributed by atoms with Crippen LogP contribution in [0.2, 0.25) is 0 Å². The Morgan fingerprint density at radius 3 is 2.76 bits per heavy atom. The topological polar surface area (TPSA) is 51.6 Å². The first-order valence-electron chi connectivity index (χ1n) is 13.6. The minimum atomic E-state index is 0.0305. The number of pyridine rings is 1. The van der Waals surface area contributed by atoms with Crippen LogP contribution in [0.4, 0.5) is 0 Å². The fourth-order valence-electron chi connectivity index (χ4n) is 10.5. The molecule has 0 aliphatic heterocycles. The predicted molar refractivity (Wildman–Crippen MR) is 129 cm³/mol. The first-order valence-corrected chi connectivity index (χ1v) is 13.6. The van der Waals surface area contributed by atoms with Gasteiger partial charge < -0.3 is 14.6 Å². The third-order valence-corrected chi connectivity index (χ3v) is 12.1. The Kier molecular flexibility index (Phi) is 5.20. The van der Waals surface area contributed by atoms with E-state index in [-0.39, 0.29) is 6.61 Å². The van der Waals surface area contributed by atoms with E-state index in [2.05, 4.69) is 25.8 Å². The highest BCUT2D eigenvalue weighted by Gasteiger charge is 2.77. The first kappa shape index (κ1) is 22.3. The van der Waals surface area contributed by atoms with Gasteiger partial charge in [0.1, 0.15) is 0 Å². The summed E-state index contributed by atoms with van der Waals surface area (Å²) in [6.45, 7) is 8.42. The minimum absolute atomic E-state index is 0.0305. The van der Waals surface area contributed by atoms with Gasteiger partial charge in [-0.3, -0.25) is 0 Å². The number of aliphatic hydroxyl groups excluding tert-OH is 1. The zero-order chi connectivity index (χ0) is 23.0. The summed E-state index contributed by atoms with van der Waals surface area (Å²) in [6.07, 6.45) is 13.4. The molecule has 33 heavy (non-hydrogen) atoms. The van der Waals surface area contributed by atoms with E-state index in [1.807, 2.05) is 19.2 Å². The Hall–Kier alpha value is -1.13. The zero-order valence-electron chi connectivity index (χ0n) is 21.1. The number of hydrogen-bond acceptors (Lipinski definition) is 4. The van der Waals surface area contributed by atoms with E-state index in [1.54, 1.807) is 6.20 Å². The number of ether oxygens (including phenoxy) is 2. The third kappa shape index (κ3) is 2.98. The Morgan fingerprint density at radius 1 is 1.15 bits per heavy atom. The van der Waals surface area contributed by atoms with Crippen molar-refractivity contribution in [3.63, 3.8) is 0 Å². The van der Waals surface area contributed by atoms with Crippen molar-refractivity contribution < 1.29 is 14.6 Å². The van der Waals surface area contributed by atoms with Gasteiger partial charge in [-0.1, -0.05) is 20.8 Å². The average molecular weight is 454 g/mol. The largest absolute Gasteiger partial charge is 0.477 e. The number of nitrogens with zero attached hydrogens (tertiary/aromatic N) is 1. The molecule has 4 heteroatoms. The van der Waals surface area contributed by atoms with Crippen LogP contribution in [-0.4, -0.2) is 29.9 Å².